The molecular weight excluding hydrogens is 462 g/mol. The minimum atomic E-state index is -0.0161. The maximum atomic E-state index is 12.9. The smallest absolute Gasteiger partial charge is 0.251 e. The second-order valence-corrected chi connectivity index (χ2v) is 9.14. The van der Waals surface area contributed by atoms with E-state index in [1.807, 2.05) is 76.3 Å². The third-order valence-electron chi connectivity index (χ3n) is 6.45. The highest BCUT2D eigenvalue weighted by molar-refractivity contribution is 6.01. The van der Waals surface area contributed by atoms with Gasteiger partial charge in [0.1, 0.15) is 11.5 Å². The topological polar surface area (TPSA) is 90.3 Å². The van der Waals surface area contributed by atoms with Gasteiger partial charge in [0.25, 0.3) is 5.91 Å². The fraction of sp³-hybridized carbons (Fsp3) is 0.367. The predicted octanol–water partition coefficient (Wildman–Crippen LogP) is 6.13. The summed E-state index contributed by atoms with van der Waals surface area (Å²) < 4.78 is 6.08. The van der Waals surface area contributed by atoms with Gasteiger partial charge in [0.05, 0.1) is 5.69 Å². The Kier molecular flexibility index (Phi) is 9.80. The van der Waals surface area contributed by atoms with E-state index < -0.39 is 0 Å². The number of anilines is 1. The Bertz CT molecular complexity index is 1230. The van der Waals surface area contributed by atoms with Crippen LogP contribution in [0.4, 0.5) is 5.69 Å². The summed E-state index contributed by atoms with van der Waals surface area (Å²) in [6.07, 6.45) is 3.68. The van der Waals surface area contributed by atoms with Crippen molar-refractivity contribution in [1.82, 2.24) is 15.2 Å². The van der Waals surface area contributed by atoms with Crippen LogP contribution in [0.15, 0.2) is 54.7 Å². The first kappa shape index (κ1) is 27.9. The highest BCUT2D eigenvalue weighted by atomic mass is 16.5. The van der Waals surface area contributed by atoms with Crippen molar-refractivity contribution in [2.24, 2.45) is 0 Å². The molecule has 0 bridgehead atoms. The molecule has 7 nitrogen and oxygen atoms in total. The number of nitrogens with one attached hydrogen (secondary N) is 3. The molecule has 1 fully saturated rings. The number of hydrogen-bond acceptors (Lipinski definition) is 6. The van der Waals surface area contributed by atoms with Gasteiger partial charge < -0.3 is 25.7 Å². The molecule has 0 saturated carbocycles. The van der Waals surface area contributed by atoms with E-state index in [4.69, 9.17) is 10.1 Å². The van der Waals surface area contributed by atoms with Crippen LogP contribution >= 0.6 is 0 Å². The summed E-state index contributed by atoms with van der Waals surface area (Å²) in [5, 5.41) is 14.2. The summed E-state index contributed by atoms with van der Waals surface area (Å²) in [5.74, 6) is 1.32. The third kappa shape index (κ3) is 7.17. The number of amides is 1. The molecule has 3 N–H and O–H groups in total. The number of pyridine rings is 1. The normalized spacial score (nSPS) is 13.8. The van der Waals surface area contributed by atoms with Crippen molar-refractivity contribution in [2.45, 2.75) is 46.6 Å². The fourth-order valence-corrected chi connectivity index (χ4v) is 4.38. The molecule has 0 unspecified atom stereocenters. The van der Waals surface area contributed by atoms with Crippen LogP contribution in [0.2, 0.25) is 0 Å². The van der Waals surface area contributed by atoms with Crippen molar-refractivity contribution < 1.29 is 9.53 Å². The summed E-state index contributed by atoms with van der Waals surface area (Å²) in [4.78, 5) is 19.7. The average Bonchev–Trinajstić information content (AvgIpc) is 2.91. The van der Waals surface area contributed by atoms with E-state index in [0.29, 0.717) is 22.8 Å². The van der Waals surface area contributed by atoms with Crippen LogP contribution < -0.4 is 15.4 Å². The Morgan fingerprint density at radius 3 is 2.35 bits per heavy atom. The van der Waals surface area contributed by atoms with Crippen molar-refractivity contribution in [3.63, 3.8) is 0 Å². The molecule has 7 heteroatoms. The van der Waals surface area contributed by atoms with Gasteiger partial charge in [-0.25, -0.2) is 0 Å². The number of aryl methyl sites for hydroxylation is 1. The lowest BCUT2D eigenvalue weighted by Crippen LogP contribution is -2.43. The number of rotatable bonds is 7. The van der Waals surface area contributed by atoms with E-state index in [0.717, 1.165) is 54.0 Å². The molecule has 1 aliphatic rings. The molecular formula is C30H39N5O2. The first-order valence-electron chi connectivity index (χ1n) is 13.0. The van der Waals surface area contributed by atoms with Gasteiger partial charge in [-0.05, 0) is 82.7 Å². The molecule has 196 valence electrons. The molecule has 0 radical (unpaired) electrons. The van der Waals surface area contributed by atoms with Crippen LogP contribution in [0.5, 0.6) is 11.5 Å². The van der Waals surface area contributed by atoms with Gasteiger partial charge >= 0.3 is 0 Å². The van der Waals surface area contributed by atoms with Crippen molar-refractivity contribution in [3.05, 3.63) is 71.4 Å². The number of carbonyl (C=O) groups excluding carboxylic acids is 1. The zero-order chi connectivity index (χ0) is 26.9. The van der Waals surface area contributed by atoms with Gasteiger partial charge in [-0.15, -0.1) is 0 Å². The lowest BCUT2D eigenvalue weighted by molar-refractivity contribution is 0.0916. The minimum absolute atomic E-state index is 0.0161. The van der Waals surface area contributed by atoms with Crippen LogP contribution in [0.1, 0.15) is 55.1 Å². The lowest BCUT2D eigenvalue weighted by Gasteiger charge is -2.29. The Morgan fingerprint density at radius 2 is 1.70 bits per heavy atom. The summed E-state index contributed by atoms with van der Waals surface area (Å²) >= 11 is 0. The Hall–Kier alpha value is -3.71. The van der Waals surface area contributed by atoms with E-state index in [2.05, 4.69) is 27.6 Å². The second kappa shape index (κ2) is 13.0. The average molecular weight is 502 g/mol. The van der Waals surface area contributed by atoms with Crippen molar-refractivity contribution >= 4 is 17.3 Å². The van der Waals surface area contributed by atoms with Crippen LogP contribution in [0.3, 0.4) is 0 Å². The lowest BCUT2D eigenvalue weighted by atomic mass is 10.0. The van der Waals surface area contributed by atoms with Crippen LogP contribution in [-0.4, -0.2) is 54.7 Å². The van der Waals surface area contributed by atoms with Crippen LogP contribution in [0, 0.1) is 12.3 Å². The maximum absolute atomic E-state index is 12.9. The Morgan fingerprint density at radius 1 is 1.03 bits per heavy atom. The first-order valence-corrected chi connectivity index (χ1v) is 13.0. The van der Waals surface area contributed by atoms with Crippen molar-refractivity contribution in [2.75, 3.05) is 32.5 Å². The zero-order valence-electron chi connectivity index (χ0n) is 22.8. The summed E-state index contributed by atoms with van der Waals surface area (Å²) in [6.45, 7) is 9.74. The highest BCUT2D eigenvalue weighted by Crippen LogP contribution is 2.30. The Labute approximate surface area is 220 Å². The van der Waals surface area contributed by atoms with E-state index >= 15 is 0 Å². The fourth-order valence-electron chi connectivity index (χ4n) is 4.38. The van der Waals surface area contributed by atoms with E-state index in [1.54, 1.807) is 13.1 Å². The molecule has 1 amide bonds. The van der Waals surface area contributed by atoms with Gasteiger partial charge in [-0.1, -0.05) is 19.9 Å². The summed E-state index contributed by atoms with van der Waals surface area (Å²) in [7, 11) is 3.94. The molecule has 1 aromatic heterocycles. The van der Waals surface area contributed by atoms with Crippen molar-refractivity contribution in [1.29, 1.82) is 5.41 Å². The molecule has 3 aromatic rings. The quantitative estimate of drug-likeness (QED) is 0.339. The van der Waals surface area contributed by atoms with Gasteiger partial charge in [0.15, 0.2) is 0 Å². The minimum Gasteiger partial charge on any atom is -0.457 e. The maximum Gasteiger partial charge on any atom is 0.251 e. The number of piperidine rings is 1. The number of hydrogen-bond donors (Lipinski definition) is 3. The molecule has 37 heavy (non-hydrogen) atoms. The number of nitrogens with zero attached hydrogens (tertiary/aromatic N) is 2. The van der Waals surface area contributed by atoms with Crippen molar-refractivity contribution in [3.8, 4) is 22.8 Å². The van der Waals surface area contributed by atoms with Gasteiger partial charge in [-0.3, -0.25) is 9.78 Å². The standard InChI is InChI=1S/C28H33N5O2.C2H6/c1-18-15-20(5-7-24(18)28(34)32-21-10-13-33(4)14-11-21)26-16-23(9-12-31-26)35-22-6-8-25(19(2)29)27(17-22)30-3;1-2/h5-9,12,15-17,21,29-30H,10-11,13-14H2,1-4H3,(H,32,34);1-2H3. The largest absolute Gasteiger partial charge is 0.457 e. The second-order valence-electron chi connectivity index (χ2n) is 9.14. The van der Waals surface area contributed by atoms with Crippen LogP contribution in [0.25, 0.3) is 11.3 Å². The van der Waals surface area contributed by atoms with E-state index in [-0.39, 0.29) is 11.9 Å². The first-order chi connectivity index (χ1) is 17.8. The van der Waals surface area contributed by atoms with Gasteiger partial charge in [0.2, 0.25) is 0 Å². The molecule has 0 spiro atoms. The molecule has 2 aromatic carbocycles. The number of carbonyl (C=O) groups is 1. The molecule has 2 heterocycles. The number of benzene rings is 2. The third-order valence-corrected chi connectivity index (χ3v) is 6.45. The predicted molar refractivity (Wildman–Crippen MR) is 152 cm³/mol. The molecule has 0 atom stereocenters. The van der Waals surface area contributed by atoms with Crippen LogP contribution in [-0.2, 0) is 0 Å². The van der Waals surface area contributed by atoms with E-state index in [9.17, 15) is 4.79 Å². The molecule has 1 saturated heterocycles. The van der Waals surface area contributed by atoms with E-state index in [1.165, 1.54) is 0 Å². The molecule has 1 aliphatic heterocycles. The highest BCUT2D eigenvalue weighted by Gasteiger charge is 2.20. The monoisotopic (exact) mass is 501 g/mol. The zero-order valence-corrected chi connectivity index (χ0v) is 22.8. The van der Waals surface area contributed by atoms with Gasteiger partial charge in [-0.2, -0.15) is 0 Å². The summed E-state index contributed by atoms with van der Waals surface area (Å²) in [6, 6.07) is 15.4. The molecule has 0 aliphatic carbocycles. The number of likely N-dealkylation sites (tertiary alicyclic amines) is 1. The number of aromatic nitrogens is 1. The summed E-state index contributed by atoms with van der Waals surface area (Å²) in [5.41, 5.74) is 5.48. The Balaban J connectivity index is 0.00000186. The van der Waals surface area contributed by atoms with Gasteiger partial charge in [0, 0.05) is 59.5 Å². The number of ether oxygens (including phenoxy) is 1. The SMILES string of the molecule is CC.CNc1cc(Oc2ccnc(-c3ccc(C(=O)NC4CCN(C)CC4)c(C)c3)c2)ccc1C(C)=N. The molecule has 4 rings (SSSR count).